The Bertz CT molecular complexity index is 407. The fourth-order valence-corrected chi connectivity index (χ4v) is 1.58. The molecule has 0 saturated heterocycles. The SMILES string of the molecule is COC(=O)c1cc(Cl)ccc1NCC(OC)OC. The zero-order valence-electron chi connectivity index (χ0n) is 10.5. The lowest BCUT2D eigenvalue weighted by Crippen LogP contribution is -2.24. The summed E-state index contributed by atoms with van der Waals surface area (Å²) in [4.78, 5) is 11.6. The van der Waals surface area contributed by atoms with Crippen LogP contribution in [0.15, 0.2) is 18.2 Å². The fraction of sp³-hybridized carbons (Fsp3) is 0.417. The Kier molecular flexibility index (Phi) is 5.91. The minimum Gasteiger partial charge on any atom is -0.465 e. The van der Waals surface area contributed by atoms with E-state index in [1.54, 1.807) is 32.4 Å². The van der Waals surface area contributed by atoms with Crippen LogP contribution in [0.25, 0.3) is 0 Å². The molecule has 18 heavy (non-hydrogen) atoms. The van der Waals surface area contributed by atoms with Crippen molar-refractivity contribution in [2.45, 2.75) is 6.29 Å². The molecule has 1 aromatic rings. The van der Waals surface area contributed by atoms with Gasteiger partial charge in [0.25, 0.3) is 0 Å². The number of carbonyl (C=O) groups is 1. The normalized spacial score (nSPS) is 10.5. The van der Waals surface area contributed by atoms with Crippen LogP contribution in [0.5, 0.6) is 0 Å². The molecule has 6 heteroatoms. The highest BCUT2D eigenvalue weighted by Crippen LogP contribution is 2.21. The average Bonchev–Trinajstić information content (AvgIpc) is 2.40. The number of benzene rings is 1. The highest BCUT2D eigenvalue weighted by molar-refractivity contribution is 6.31. The highest BCUT2D eigenvalue weighted by atomic mass is 35.5. The number of carbonyl (C=O) groups excluding carboxylic acids is 1. The molecule has 1 N–H and O–H groups in total. The molecule has 0 aliphatic heterocycles. The quantitative estimate of drug-likeness (QED) is 0.636. The standard InChI is InChI=1S/C12H16ClNO4/c1-16-11(17-2)7-14-10-5-4-8(13)6-9(10)12(15)18-3/h4-6,11,14H,7H2,1-3H3. The molecule has 0 bridgehead atoms. The first-order valence-corrected chi connectivity index (χ1v) is 5.67. The van der Waals surface area contributed by atoms with E-state index in [4.69, 9.17) is 25.8 Å². The Labute approximate surface area is 111 Å². The van der Waals surface area contributed by atoms with Crippen LogP contribution in [-0.2, 0) is 14.2 Å². The Morgan fingerprint density at radius 2 is 2.00 bits per heavy atom. The molecule has 1 rings (SSSR count). The van der Waals surface area contributed by atoms with Gasteiger partial charge in [0.1, 0.15) is 0 Å². The smallest absolute Gasteiger partial charge is 0.340 e. The molecule has 5 nitrogen and oxygen atoms in total. The van der Waals surface area contributed by atoms with Gasteiger partial charge in [0.05, 0.1) is 19.2 Å². The van der Waals surface area contributed by atoms with Crippen LogP contribution in [0.2, 0.25) is 5.02 Å². The average molecular weight is 274 g/mol. The summed E-state index contributed by atoms with van der Waals surface area (Å²) in [6.07, 6.45) is -0.397. The fourth-order valence-electron chi connectivity index (χ4n) is 1.41. The van der Waals surface area contributed by atoms with E-state index in [9.17, 15) is 4.79 Å². The lowest BCUT2D eigenvalue weighted by Gasteiger charge is -2.16. The second-order valence-corrected chi connectivity index (χ2v) is 3.90. The maximum absolute atomic E-state index is 11.6. The minimum atomic E-state index is -0.452. The van der Waals surface area contributed by atoms with Crippen molar-refractivity contribution < 1.29 is 19.0 Å². The molecule has 0 aliphatic rings. The molecule has 0 spiro atoms. The van der Waals surface area contributed by atoms with Gasteiger partial charge < -0.3 is 19.5 Å². The van der Waals surface area contributed by atoms with E-state index < -0.39 is 12.3 Å². The molecule has 0 fully saturated rings. The Balaban J connectivity index is 2.84. The first-order valence-electron chi connectivity index (χ1n) is 5.29. The van der Waals surface area contributed by atoms with Crippen molar-refractivity contribution in [3.63, 3.8) is 0 Å². The summed E-state index contributed by atoms with van der Waals surface area (Å²) in [6.45, 7) is 0.401. The number of hydrogen-bond donors (Lipinski definition) is 1. The third-order valence-electron chi connectivity index (χ3n) is 2.37. The van der Waals surface area contributed by atoms with Gasteiger partial charge in [-0.3, -0.25) is 0 Å². The van der Waals surface area contributed by atoms with Crippen molar-refractivity contribution in [3.8, 4) is 0 Å². The third-order valence-corrected chi connectivity index (χ3v) is 2.61. The van der Waals surface area contributed by atoms with Crippen molar-refractivity contribution >= 4 is 23.3 Å². The van der Waals surface area contributed by atoms with Crippen molar-refractivity contribution in [2.24, 2.45) is 0 Å². The zero-order chi connectivity index (χ0) is 13.5. The van der Waals surface area contributed by atoms with Crippen molar-refractivity contribution in [3.05, 3.63) is 28.8 Å². The number of hydrogen-bond acceptors (Lipinski definition) is 5. The van der Waals surface area contributed by atoms with Crippen LogP contribution in [-0.4, -0.2) is 40.1 Å². The largest absolute Gasteiger partial charge is 0.465 e. The van der Waals surface area contributed by atoms with Crippen LogP contribution >= 0.6 is 11.6 Å². The van der Waals surface area contributed by atoms with Crippen LogP contribution in [0.3, 0.4) is 0 Å². The molecule has 1 aromatic carbocycles. The summed E-state index contributed by atoms with van der Waals surface area (Å²) in [5.74, 6) is -0.452. The molecule has 0 radical (unpaired) electrons. The van der Waals surface area contributed by atoms with Crippen LogP contribution in [0, 0.1) is 0 Å². The number of ether oxygens (including phenoxy) is 3. The van der Waals surface area contributed by atoms with Gasteiger partial charge in [-0.15, -0.1) is 0 Å². The van der Waals surface area contributed by atoms with Gasteiger partial charge in [-0.1, -0.05) is 11.6 Å². The van der Waals surface area contributed by atoms with Gasteiger partial charge in [0.2, 0.25) is 0 Å². The molecule has 0 heterocycles. The summed E-state index contributed by atoms with van der Waals surface area (Å²) in [7, 11) is 4.40. The number of halogens is 1. The molecule has 0 unspecified atom stereocenters. The molecule has 0 aliphatic carbocycles. The lowest BCUT2D eigenvalue weighted by molar-refractivity contribution is -0.0914. The number of methoxy groups -OCH3 is 3. The van der Waals surface area contributed by atoms with Crippen molar-refractivity contribution in [2.75, 3.05) is 33.2 Å². The maximum atomic E-state index is 11.6. The third kappa shape index (κ3) is 3.87. The second-order valence-electron chi connectivity index (χ2n) is 3.46. The van der Waals surface area contributed by atoms with Crippen LogP contribution < -0.4 is 5.32 Å². The van der Waals surface area contributed by atoms with E-state index in [-0.39, 0.29) is 0 Å². The van der Waals surface area contributed by atoms with E-state index in [0.717, 1.165) is 0 Å². The van der Waals surface area contributed by atoms with Gasteiger partial charge in [-0.2, -0.15) is 0 Å². The summed E-state index contributed by atoms with van der Waals surface area (Å²) < 4.78 is 14.8. The Hall–Kier alpha value is -1.30. The number of esters is 1. The second kappa shape index (κ2) is 7.20. The molecule has 0 amide bonds. The number of anilines is 1. The molecule has 100 valence electrons. The molecular weight excluding hydrogens is 258 g/mol. The highest BCUT2D eigenvalue weighted by Gasteiger charge is 2.13. The maximum Gasteiger partial charge on any atom is 0.340 e. The van der Waals surface area contributed by atoms with Crippen LogP contribution in [0.4, 0.5) is 5.69 Å². The summed E-state index contributed by atoms with van der Waals surface area (Å²) in [5.41, 5.74) is 0.987. The van der Waals surface area contributed by atoms with Gasteiger partial charge in [0, 0.05) is 24.9 Å². The molecule has 0 aromatic heterocycles. The minimum absolute atomic E-state index is 0.371. The van der Waals surface area contributed by atoms with E-state index in [1.807, 2.05) is 0 Å². The van der Waals surface area contributed by atoms with E-state index in [2.05, 4.69) is 5.32 Å². The Morgan fingerprint density at radius 1 is 1.33 bits per heavy atom. The zero-order valence-corrected chi connectivity index (χ0v) is 11.3. The predicted octanol–water partition coefficient (Wildman–Crippen LogP) is 2.16. The van der Waals surface area contributed by atoms with Gasteiger partial charge in [0.15, 0.2) is 6.29 Å². The first kappa shape index (κ1) is 14.8. The Morgan fingerprint density at radius 3 is 2.56 bits per heavy atom. The van der Waals surface area contributed by atoms with Crippen LogP contribution in [0.1, 0.15) is 10.4 Å². The summed E-state index contributed by atoms with van der Waals surface area (Å²) >= 11 is 5.85. The van der Waals surface area contributed by atoms with E-state index >= 15 is 0 Å². The molecule has 0 saturated carbocycles. The summed E-state index contributed by atoms with van der Waals surface area (Å²) in [5, 5.41) is 3.52. The lowest BCUT2D eigenvalue weighted by atomic mass is 10.2. The topological polar surface area (TPSA) is 56.8 Å². The number of rotatable bonds is 6. The van der Waals surface area contributed by atoms with E-state index in [0.29, 0.717) is 22.8 Å². The molecule has 0 atom stereocenters. The predicted molar refractivity (Wildman–Crippen MR) is 69.1 cm³/mol. The van der Waals surface area contributed by atoms with E-state index in [1.165, 1.54) is 7.11 Å². The summed E-state index contributed by atoms with van der Waals surface area (Å²) in [6, 6.07) is 4.94. The first-order chi connectivity index (χ1) is 8.62. The van der Waals surface area contributed by atoms with Gasteiger partial charge in [-0.25, -0.2) is 4.79 Å². The van der Waals surface area contributed by atoms with Crippen molar-refractivity contribution in [1.29, 1.82) is 0 Å². The number of nitrogens with one attached hydrogen (secondary N) is 1. The molecular formula is C12H16ClNO4. The van der Waals surface area contributed by atoms with Gasteiger partial charge >= 0.3 is 5.97 Å². The monoisotopic (exact) mass is 273 g/mol. The van der Waals surface area contributed by atoms with Crippen molar-refractivity contribution in [1.82, 2.24) is 0 Å². The van der Waals surface area contributed by atoms with Gasteiger partial charge in [-0.05, 0) is 18.2 Å².